The Labute approximate surface area is 190 Å². The van der Waals surface area contributed by atoms with Crippen molar-refractivity contribution in [2.45, 2.75) is 64.7 Å². The molecule has 0 aromatic rings. The Morgan fingerprint density at radius 2 is 0.938 bits per heavy atom. The van der Waals surface area contributed by atoms with Gasteiger partial charge in [0.15, 0.2) is 11.3 Å². The van der Waals surface area contributed by atoms with Crippen molar-refractivity contribution in [1.29, 1.82) is 0 Å². The van der Waals surface area contributed by atoms with Gasteiger partial charge in [-0.05, 0) is 25.7 Å². The first-order valence-electron chi connectivity index (χ1n) is 11.0. The van der Waals surface area contributed by atoms with Crippen molar-refractivity contribution < 1.29 is 46.3 Å². The van der Waals surface area contributed by atoms with Crippen molar-refractivity contribution in [1.82, 2.24) is 0 Å². The number of methoxy groups -OCH3 is 2. The molecule has 0 amide bonds. The Bertz CT molecular complexity index is 682. The largest absolute Gasteiger partial charge is 0.468 e. The van der Waals surface area contributed by atoms with Gasteiger partial charge in [-0.1, -0.05) is 27.7 Å². The third-order valence-electron chi connectivity index (χ3n) is 7.07. The summed E-state index contributed by atoms with van der Waals surface area (Å²) in [5, 5.41) is 0. The van der Waals surface area contributed by atoms with E-state index in [9.17, 15) is 18.7 Å². The van der Waals surface area contributed by atoms with Crippen LogP contribution >= 0.6 is 15.2 Å². The monoisotopic (exact) mass is 498 g/mol. The molecule has 2 fully saturated rings. The normalized spacial score (nSPS) is 25.3. The Morgan fingerprint density at radius 1 is 0.688 bits per heavy atom. The second kappa shape index (κ2) is 10.7. The van der Waals surface area contributed by atoms with Gasteiger partial charge in [0.25, 0.3) is 0 Å². The van der Waals surface area contributed by atoms with Gasteiger partial charge in [-0.3, -0.25) is 18.7 Å². The lowest BCUT2D eigenvalue weighted by Gasteiger charge is -2.43. The van der Waals surface area contributed by atoms with Crippen molar-refractivity contribution >= 4 is 27.1 Å². The number of carbonyl (C=O) groups is 2. The summed E-state index contributed by atoms with van der Waals surface area (Å²) < 4.78 is 59.7. The predicted octanol–water partition coefficient (Wildman–Crippen LogP) is 4.16. The van der Waals surface area contributed by atoms with E-state index in [2.05, 4.69) is 0 Å². The average molecular weight is 498 g/mol. The van der Waals surface area contributed by atoms with E-state index in [-0.39, 0.29) is 37.3 Å². The fourth-order valence-electron chi connectivity index (χ4n) is 3.81. The van der Waals surface area contributed by atoms with E-state index in [1.54, 1.807) is 0 Å². The summed E-state index contributed by atoms with van der Waals surface area (Å²) in [6.07, 6.45) is 2.81. The highest BCUT2D eigenvalue weighted by Gasteiger charge is 2.62. The first-order chi connectivity index (χ1) is 15.0. The Balaban J connectivity index is 2.46. The first kappa shape index (κ1) is 27.5. The van der Waals surface area contributed by atoms with Crippen LogP contribution in [0.25, 0.3) is 0 Å². The van der Waals surface area contributed by atoms with E-state index in [0.29, 0.717) is 25.7 Å². The summed E-state index contributed by atoms with van der Waals surface area (Å²) in [6, 6.07) is 0. The van der Waals surface area contributed by atoms with Crippen LogP contribution < -0.4 is 0 Å². The van der Waals surface area contributed by atoms with Crippen molar-refractivity contribution in [2.75, 3.05) is 40.6 Å². The second-order valence-electron chi connectivity index (χ2n) is 8.52. The van der Waals surface area contributed by atoms with Crippen LogP contribution in [0.4, 0.5) is 0 Å². The van der Waals surface area contributed by atoms with Crippen molar-refractivity contribution in [3.8, 4) is 0 Å². The van der Waals surface area contributed by atoms with E-state index >= 15 is 0 Å². The van der Waals surface area contributed by atoms with Gasteiger partial charge in [-0.15, -0.1) is 0 Å². The minimum absolute atomic E-state index is 0.0550. The van der Waals surface area contributed by atoms with Crippen LogP contribution in [0.2, 0.25) is 0 Å². The molecule has 12 heteroatoms. The zero-order valence-electron chi connectivity index (χ0n) is 19.8. The summed E-state index contributed by atoms with van der Waals surface area (Å²) >= 11 is 0. The van der Waals surface area contributed by atoms with Crippen LogP contribution in [0.15, 0.2) is 0 Å². The van der Waals surface area contributed by atoms with Gasteiger partial charge in [0.2, 0.25) is 0 Å². The zero-order chi connectivity index (χ0) is 24.2. The fourth-order valence-corrected chi connectivity index (χ4v) is 9.06. The number of rotatable bonds is 9. The average Bonchev–Trinajstić information content (AvgIpc) is 2.83. The maximum absolute atomic E-state index is 13.8. The predicted molar refractivity (Wildman–Crippen MR) is 117 cm³/mol. The topological polar surface area (TPSA) is 124 Å². The van der Waals surface area contributed by atoms with Gasteiger partial charge < -0.3 is 27.6 Å². The summed E-state index contributed by atoms with van der Waals surface area (Å²) in [7, 11) is -6.44. The minimum Gasteiger partial charge on any atom is -0.468 e. The molecule has 0 aliphatic carbocycles. The van der Waals surface area contributed by atoms with Crippen molar-refractivity contribution in [3.63, 3.8) is 0 Å². The van der Waals surface area contributed by atoms with Crippen molar-refractivity contribution in [3.05, 3.63) is 0 Å². The van der Waals surface area contributed by atoms with Gasteiger partial charge in [-0.2, -0.15) is 0 Å². The summed E-state index contributed by atoms with van der Waals surface area (Å²) in [4.78, 5) is 25.6. The van der Waals surface area contributed by atoms with Gasteiger partial charge in [0, 0.05) is 10.8 Å². The molecule has 32 heavy (non-hydrogen) atoms. The van der Waals surface area contributed by atoms with Crippen LogP contribution in [0.1, 0.15) is 53.4 Å². The molecule has 186 valence electrons. The summed E-state index contributed by atoms with van der Waals surface area (Å²) in [5.74, 6) is -2.15. The van der Waals surface area contributed by atoms with E-state index in [4.69, 9.17) is 27.6 Å². The number of ether oxygens (including phenoxy) is 2. The van der Waals surface area contributed by atoms with Crippen LogP contribution in [0.5, 0.6) is 0 Å². The molecule has 2 saturated heterocycles. The maximum Gasteiger partial charge on any atom is 0.346 e. The molecule has 0 N–H and O–H groups in total. The van der Waals surface area contributed by atoms with E-state index in [1.165, 1.54) is 0 Å². The minimum atomic E-state index is -4.29. The molecule has 2 aliphatic rings. The molecule has 0 spiro atoms. The van der Waals surface area contributed by atoms with Crippen LogP contribution in [0, 0.1) is 10.8 Å². The first-order valence-corrected chi connectivity index (χ1v) is 14.2. The maximum atomic E-state index is 13.8. The Morgan fingerprint density at radius 3 is 1.12 bits per heavy atom. The zero-order valence-corrected chi connectivity index (χ0v) is 21.6. The SMILES string of the molecule is CCC1(CC)COP(=O)([C@H](C(=O)OC)[C@H](C(=O)OC)P2(=O)OCC(CC)(CC)CO2)OC1. The summed E-state index contributed by atoms with van der Waals surface area (Å²) in [5.41, 5.74) is -4.46. The molecule has 2 rings (SSSR count). The molecule has 0 aromatic heterocycles. The lowest BCUT2D eigenvalue weighted by atomic mass is 9.84. The van der Waals surface area contributed by atoms with Crippen LogP contribution in [-0.4, -0.2) is 63.9 Å². The van der Waals surface area contributed by atoms with Gasteiger partial charge >= 0.3 is 27.1 Å². The number of carbonyl (C=O) groups excluding carboxylic acids is 2. The Hall–Kier alpha value is -0.760. The van der Waals surface area contributed by atoms with Crippen LogP contribution in [0.3, 0.4) is 0 Å². The van der Waals surface area contributed by atoms with Crippen LogP contribution in [-0.2, 0) is 46.3 Å². The van der Waals surface area contributed by atoms with Gasteiger partial charge in [-0.25, -0.2) is 0 Å². The third-order valence-corrected chi connectivity index (χ3v) is 11.6. The molecule has 0 bridgehead atoms. The molecular formula is C20H36O10P2. The van der Waals surface area contributed by atoms with Gasteiger partial charge in [0.05, 0.1) is 40.6 Å². The highest BCUT2D eigenvalue weighted by Crippen LogP contribution is 2.68. The standard InChI is InChI=1S/C20H36O10P2/c1-7-19(8-2)11-27-31(23,28-12-19)15(17(21)25-5)16(18(22)26-6)32(24)29-13-20(9-3,10-4)14-30-32/h15-16H,7-14H2,1-6H3/t15-,16+. The molecule has 0 radical (unpaired) electrons. The second-order valence-corrected chi connectivity index (χ2v) is 12.8. The van der Waals surface area contributed by atoms with E-state index in [0.717, 1.165) is 14.2 Å². The third kappa shape index (κ3) is 5.16. The molecule has 2 heterocycles. The number of hydrogen-bond donors (Lipinski definition) is 0. The quantitative estimate of drug-likeness (QED) is 0.338. The highest BCUT2D eigenvalue weighted by atomic mass is 31.2. The molecule has 10 nitrogen and oxygen atoms in total. The van der Waals surface area contributed by atoms with Gasteiger partial charge in [0.1, 0.15) is 0 Å². The number of esters is 2. The molecule has 2 atom stereocenters. The molecular weight excluding hydrogens is 462 g/mol. The summed E-state index contributed by atoms with van der Waals surface area (Å²) in [6.45, 7) is 8.04. The lowest BCUT2D eigenvalue weighted by Crippen LogP contribution is -2.47. The molecule has 0 saturated carbocycles. The smallest absolute Gasteiger partial charge is 0.346 e. The molecule has 0 unspecified atom stereocenters. The lowest BCUT2D eigenvalue weighted by molar-refractivity contribution is -0.148. The Kier molecular flexibility index (Phi) is 9.16. The molecule has 2 aliphatic heterocycles. The van der Waals surface area contributed by atoms with E-state index < -0.39 is 38.4 Å². The highest BCUT2D eigenvalue weighted by molar-refractivity contribution is 7.60. The number of hydrogen-bond acceptors (Lipinski definition) is 10. The molecule has 0 aromatic carbocycles. The van der Waals surface area contributed by atoms with E-state index in [1.807, 2.05) is 27.7 Å². The fraction of sp³-hybridized carbons (Fsp3) is 0.900. The van der Waals surface area contributed by atoms with Crippen molar-refractivity contribution in [2.24, 2.45) is 10.8 Å².